The SMILES string of the molecule is CC(C)CNCC1CC1(C)c1ccc(Cl)cc1. The van der Waals surface area contributed by atoms with Crippen LogP contribution in [-0.4, -0.2) is 13.1 Å². The molecule has 1 aliphatic rings. The standard InChI is InChI=1S/C15H22ClN/c1-11(2)9-17-10-13-8-15(13,3)12-4-6-14(16)7-5-12/h4-7,11,13,17H,8-10H2,1-3H3. The highest BCUT2D eigenvalue weighted by Crippen LogP contribution is 2.53. The molecule has 1 fully saturated rings. The number of benzene rings is 1. The predicted octanol–water partition coefficient (Wildman–Crippen LogP) is 3.86. The topological polar surface area (TPSA) is 12.0 Å². The monoisotopic (exact) mass is 251 g/mol. The minimum absolute atomic E-state index is 0.370. The number of rotatable bonds is 5. The highest BCUT2D eigenvalue weighted by Gasteiger charge is 2.50. The lowest BCUT2D eigenvalue weighted by Crippen LogP contribution is -2.24. The van der Waals surface area contributed by atoms with Crippen molar-refractivity contribution in [3.63, 3.8) is 0 Å². The smallest absolute Gasteiger partial charge is 0.0406 e. The predicted molar refractivity (Wildman–Crippen MR) is 74.6 cm³/mol. The molecule has 0 radical (unpaired) electrons. The van der Waals surface area contributed by atoms with Crippen molar-refractivity contribution in [3.8, 4) is 0 Å². The normalized spacial score (nSPS) is 27.5. The third kappa shape index (κ3) is 3.02. The Morgan fingerprint density at radius 1 is 1.35 bits per heavy atom. The first kappa shape index (κ1) is 12.9. The van der Waals surface area contributed by atoms with Crippen molar-refractivity contribution in [1.82, 2.24) is 5.32 Å². The van der Waals surface area contributed by atoms with Gasteiger partial charge in [-0.3, -0.25) is 0 Å². The number of halogens is 1. The number of hydrogen-bond donors (Lipinski definition) is 1. The fraction of sp³-hybridized carbons (Fsp3) is 0.600. The first-order valence-electron chi connectivity index (χ1n) is 6.49. The Hall–Kier alpha value is -0.530. The Bertz CT molecular complexity index is 371. The summed E-state index contributed by atoms with van der Waals surface area (Å²) >= 11 is 5.92. The Kier molecular flexibility index (Phi) is 3.79. The molecule has 0 heterocycles. The van der Waals surface area contributed by atoms with Gasteiger partial charge in [-0.25, -0.2) is 0 Å². The van der Waals surface area contributed by atoms with Crippen molar-refractivity contribution < 1.29 is 0 Å². The second-order valence-corrected chi connectivity index (χ2v) is 6.31. The molecule has 0 amide bonds. The van der Waals surface area contributed by atoms with E-state index in [0.29, 0.717) is 5.41 Å². The van der Waals surface area contributed by atoms with Gasteiger partial charge in [0.05, 0.1) is 0 Å². The second kappa shape index (κ2) is 4.99. The molecule has 17 heavy (non-hydrogen) atoms. The van der Waals surface area contributed by atoms with Crippen LogP contribution in [0.15, 0.2) is 24.3 Å². The molecule has 1 aromatic carbocycles. The van der Waals surface area contributed by atoms with Crippen molar-refractivity contribution in [2.75, 3.05) is 13.1 Å². The highest BCUT2D eigenvalue weighted by atomic mass is 35.5. The van der Waals surface area contributed by atoms with Crippen molar-refractivity contribution in [2.45, 2.75) is 32.6 Å². The molecule has 1 N–H and O–H groups in total. The third-order valence-electron chi connectivity index (χ3n) is 3.86. The number of hydrogen-bond acceptors (Lipinski definition) is 1. The zero-order valence-corrected chi connectivity index (χ0v) is 11.7. The van der Waals surface area contributed by atoms with Gasteiger partial charge in [-0.05, 0) is 54.5 Å². The summed E-state index contributed by atoms with van der Waals surface area (Å²) in [5.74, 6) is 1.51. The third-order valence-corrected chi connectivity index (χ3v) is 4.11. The molecule has 1 aromatic rings. The summed E-state index contributed by atoms with van der Waals surface area (Å²) in [6.07, 6.45) is 1.29. The van der Waals surface area contributed by atoms with E-state index in [1.54, 1.807) is 0 Å². The van der Waals surface area contributed by atoms with E-state index in [0.717, 1.165) is 29.9 Å². The van der Waals surface area contributed by atoms with Crippen LogP contribution in [0.3, 0.4) is 0 Å². The van der Waals surface area contributed by atoms with Crippen molar-refractivity contribution in [2.24, 2.45) is 11.8 Å². The molecule has 94 valence electrons. The Labute approximate surface area is 110 Å². The summed E-state index contributed by atoms with van der Waals surface area (Å²) in [7, 11) is 0. The summed E-state index contributed by atoms with van der Waals surface area (Å²) < 4.78 is 0. The average Bonchev–Trinajstić information content (AvgIpc) is 2.91. The maximum absolute atomic E-state index is 5.92. The molecule has 1 aliphatic carbocycles. The lowest BCUT2D eigenvalue weighted by atomic mass is 9.95. The van der Waals surface area contributed by atoms with Gasteiger partial charge in [-0.1, -0.05) is 44.5 Å². The second-order valence-electron chi connectivity index (χ2n) is 5.88. The van der Waals surface area contributed by atoms with Crippen LogP contribution in [0, 0.1) is 11.8 Å². The van der Waals surface area contributed by atoms with Gasteiger partial charge < -0.3 is 5.32 Å². The van der Waals surface area contributed by atoms with Gasteiger partial charge in [0.15, 0.2) is 0 Å². The fourth-order valence-electron chi connectivity index (χ4n) is 2.48. The van der Waals surface area contributed by atoms with E-state index in [2.05, 4.69) is 38.2 Å². The average molecular weight is 252 g/mol. The van der Waals surface area contributed by atoms with Crippen LogP contribution in [0.2, 0.25) is 5.02 Å². The molecular formula is C15H22ClN. The zero-order valence-electron chi connectivity index (χ0n) is 11.0. The molecule has 0 aromatic heterocycles. The zero-order chi connectivity index (χ0) is 12.5. The highest BCUT2D eigenvalue weighted by molar-refractivity contribution is 6.30. The molecule has 2 atom stereocenters. The first-order chi connectivity index (χ1) is 8.02. The largest absolute Gasteiger partial charge is 0.316 e. The molecule has 0 spiro atoms. The maximum Gasteiger partial charge on any atom is 0.0406 e. The lowest BCUT2D eigenvalue weighted by Gasteiger charge is -2.13. The summed E-state index contributed by atoms with van der Waals surface area (Å²) in [4.78, 5) is 0. The van der Waals surface area contributed by atoms with E-state index in [1.807, 2.05) is 12.1 Å². The Morgan fingerprint density at radius 3 is 2.59 bits per heavy atom. The van der Waals surface area contributed by atoms with Crippen LogP contribution in [-0.2, 0) is 5.41 Å². The van der Waals surface area contributed by atoms with E-state index in [9.17, 15) is 0 Å². The minimum Gasteiger partial charge on any atom is -0.316 e. The molecule has 1 saturated carbocycles. The summed E-state index contributed by atoms with van der Waals surface area (Å²) in [6, 6.07) is 8.34. The summed E-state index contributed by atoms with van der Waals surface area (Å²) in [6.45, 7) is 9.11. The maximum atomic E-state index is 5.92. The van der Waals surface area contributed by atoms with Gasteiger partial charge in [-0.15, -0.1) is 0 Å². The van der Waals surface area contributed by atoms with Crippen LogP contribution in [0.25, 0.3) is 0 Å². The van der Waals surface area contributed by atoms with Crippen molar-refractivity contribution in [3.05, 3.63) is 34.9 Å². The molecule has 1 nitrogen and oxygen atoms in total. The molecule has 0 aliphatic heterocycles. The summed E-state index contributed by atoms with van der Waals surface area (Å²) in [5, 5.41) is 4.38. The molecule has 2 heteroatoms. The summed E-state index contributed by atoms with van der Waals surface area (Å²) in [5.41, 5.74) is 1.80. The minimum atomic E-state index is 0.370. The molecular weight excluding hydrogens is 230 g/mol. The molecule has 2 rings (SSSR count). The van der Waals surface area contributed by atoms with Crippen LogP contribution in [0.5, 0.6) is 0 Å². The van der Waals surface area contributed by atoms with Crippen LogP contribution in [0.1, 0.15) is 32.8 Å². The van der Waals surface area contributed by atoms with Crippen molar-refractivity contribution in [1.29, 1.82) is 0 Å². The Morgan fingerprint density at radius 2 is 2.00 bits per heavy atom. The van der Waals surface area contributed by atoms with Crippen molar-refractivity contribution >= 4 is 11.6 Å². The molecule has 0 bridgehead atoms. The Balaban J connectivity index is 1.88. The van der Waals surface area contributed by atoms with E-state index in [4.69, 9.17) is 11.6 Å². The van der Waals surface area contributed by atoms with E-state index in [-0.39, 0.29) is 0 Å². The molecule has 0 saturated heterocycles. The number of nitrogens with one attached hydrogen (secondary N) is 1. The van der Waals surface area contributed by atoms with E-state index in [1.165, 1.54) is 12.0 Å². The van der Waals surface area contributed by atoms with Gasteiger partial charge in [0.1, 0.15) is 0 Å². The van der Waals surface area contributed by atoms with Gasteiger partial charge in [-0.2, -0.15) is 0 Å². The first-order valence-corrected chi connectivity index (χ1v) is 6.87. The molecule has 2 unspecified atom stereocenters. The fourth-order valence-corrected chi connectivity index (χ4v) is 2.61. The van der Waals surface area contributed by atoms with Gasteiger partial charge in [0.2, 0.25) is 0 Å². The quantitative estimate of drug-likeness (QED) is 0.838. The van der Waals surface area contributed by atoms with E-state index < -0.39 is 0 Å². The van der Waals surface area contributed by atoms with Crippen LogP contribution < -0.4 is 5.32 Å². The van der Waals surface area contributed by atoms with Crippen LogP contribution >= 0.6 is 11.6 Å². The van der Waals surface area contributed by atoms with E-state index >= 15 is 0 Å². The van der Waals surface area contributed by atoms with Gasteiger partial charge in [0, 0.05) is 5.02 Å². The van der Waals surface area contributed by atoms with Gasteiger partial charge in [0.25, 0.3) is 0 Å². The lowest BCUT2D eigenvalue weighted by molar-refractivity contribution is 0.515. The van der Waals surface area contributed by atoms with Gasteiger partial charge >= 0.3 is 0 Å². The van der Waals surface area contributed by atoms with Crippen LogP contribution in [0.4, 0.5) is 0 Å².